The van der Waals surface area contributed by atoms with Gasteiger partial charge in [0.05, 0.1) is 26.5 Å². The minimum Gasteiger partial charge on any atom is -0.493 e. The molecule has 3 N–H and O–H groups in total. The van der Waals surface area contributed by atoms with Crippen LogP contribution in [0.25, 0.3) is 0 Å². The second-order valence-electron chi connectivity index (χ2n) is 5.43. The predicted molar refractivity (Wildman–Crippen MR) is 100 cm³/mol. The van der Waals surface area contributed by atoms with Gasteiger partial charge in [-0.2, -0.15) is 5.10 Å². The summed E-state index contributed by atoms with van der Waals surface area (Å²) in [6.45, 7) is 2.98. The van der Waals surface area contributed by atoms with Gasteiger partial charge in [0, 0.05) is 12.0 Å². The number of aryl methyl sites for hydroxylation is 1. The monoisotopic (exact) mass is 357 g/mol. The Morgan fingerprint density at radius 3 is 2.58 bits per heavy atom. The number of benzene rings is 2. The molecule has 0 aliphatic rings. The molecule has 26 heavy (non-hydrogen) atoms. The maximum absolute atomic E-state index is 10.7. The zero-order valence-electron chi connectivity index (χ0n) is 14.9. The number of nitrogens with one attached hydrogen (secondary N) is 1. The molecule has 0 saturated carbocycles. The van der Waals surface area contributed by atoms with Gasteiger partial charge in [0.15, 0.2) is 11.5 Å². The van der Waals surface area contributed by atoms with Gasteiger partial charge in [-0.25, -0.2) is 10.2 Å². The Hall–Kier alpha value is -3.22. The van der Waals surface area contributed by atoms with Crippen LogP contribution in [0.15, 0.2) is 47.6 Å². The Morgan fingerprint density at radius 1 is 1.12 bits per heavy atom. The van der Waals surface area contributed by atoms with Crippen LogP contribution < -0.4 is 25.4 Å². The van der Waals surface area contributed by atoms with Gasteiger partial charge in [-0.05, 0) is 30.7 Å². The van der Waals surface area contributed by atoms with Gasteiger partial charge in [-0.3, -0.25) is 0 Å². The summed E-state index contributed by atoms with van der Waals surface area (Å²) in [5.41, 5.74) is 8.90. The third-order valence-corrected chi connectivity index (χ3v) is 3.49. The van der Waals surface area contributed by atoms with Crippen LogP contribution in [-0.4, -0.2) is 32.6 Å². The number of rotatable bonds is 9. The van der Waals surface area contributed by atoms with E-state index >= 15 is 0 Å². The molecule has 0 aromatic heterocycles. The second kappa shape index (κ2) is 9.93. The van der Waals surface area contributed by atoms with Crippen molar-refractivity contribution in [2.24, 2.45) is 10.8 Å². The third-order valence-electron chi connectivity index (χ3n) is 3.49. The van der Waals surface area contributed by atoms with E-state index in [4.69, 9.17) is 19.9 Å². The normalized spacial score (nSPS) is 10.5. The smallest absolute Gasteiger partial charge is 0.332 e. The topological polar surface area (TPSA) is 95.2 Å². The van der Waals surface area contributed by atoms with Crippen molar-refractivity contribution in [3.8, 4) is 17.2 Å². The van der Waals surface area contributed by atoms with E-state index in [9.17, 15) is 4.79 Å². The lowest BCUT2D eigenvalue weighted by atomic mass is 10.2. The minimum atomic E-state index is -0.736. The predicted octanol–water partition coefficient (Wildman–Crippen LogP) is 2.85. The summed E-state index contributed by atoms with van der Waals surface area (Å²) >= 11 is 0. The summed E-state index contributed by atoms with van der Waals surface area (Å²) in [6.07, 6.45) is 2.15. The largest absolute Gasteiger partial charge is 0.493 e. The van der Waals surface area contributed by atoms with Crippen molar-refractivity contribution < 1.29 is 19.0 Å². The first-order chi connectivity index (χ1) is 12.6. The minimum absolute atomic E-state index is 0.441. The molecule has 2 amide bonds. The lowest BCUT2D eigenvalue weighted by Crippen LogP contribution is -2.24. The summed E-state index contributed by atoms with van der Waals surface area (Å²) in [4.78, 5) is 10.7. The first kappa shape index (κ1) is 19.1. The number of nitrogens with two attached hydrogens (primary N) is 1. The maximum atomic E-state index is 10.7. The average Bonchev–Trinajstić information content (AvgIpc) is 2.63. The molecule has 2 aromatic carbocycles. The summed E-state index contributed by atoms with van der Waals surface area (Å²) < 4.78 is 16.9. The van der Waals surface area contributed by atoms with Crippen molar-refractivity contribution in [3.05, 3.63) is 53.6 Å². The molecule has 138 valence electrons. The standard InChI is InChI=1S/C19H23N3O4/c1-14-7-3-4-9-16(14)25-11-6-12-26-18-15(13-21-22-19(20)23)8-5-10-17(18)24-2/h3-5,7-10,13H,6,11-12H2,1-2H3,(H3,20,22,23)/b21-13+. The van der Waals surface area contributed by atoms with Crippen molar-refractivity contribution in [1.29, 1.82) is 0 Å². The number of carbonyl (C=O) groups is 1. The van der Waals surface area contributed by atoms with Gasteiger partial charge >= 0.3 is 6.03 Å². The zero-order valence-corrected chi connectivity index (χ0v) is 14.9. The number of para-hydroxylation sites is 2. The first-order valence-electron chi connectivity index (χ1n) is 8.18. The highest BCUT2D eigenvalue weighted by atomic mass is 16.5. The molecule has 7 nitrogen and oxygen atoms in total. The van der Waals surface area contributed by atoms with Gasteiger partial charge in [0.1, 0.15) is 5.75 Å². The molecule has 2 rings (SSSR count). The summed E-state index contributed by atoms with van der Waals surface area (Å²) in [6, 6.07) is 12.5. The fourth-order valence-electron chi connectivity index (χ4n) is 2.25. The quantitative estimate of drug-likeness (QED) is 0.410. The highest BCUT2D eigenvalue weighted by Crippen LogP contribution is 2.30. The number of ether oxygens (including phenoxy) is 3. The summed E-state index contributed by atoms with van der Waals surface area (Å²) in [5.74, 6) is 1.99. The van der Waals surface area contributed by atoms with Crippen molar-refractivity contribution in [2.45, 2.75) is 13.3 Å². The molecule has 2 aromatic rings. The van der Waals surface area contributed by atoms with Gasteiger partial charge in [0.2, 0.25) is 0 Å². The van der Waals surface area contributed by atoms with Crippen LogP contribution in [0.1, 0.15) is 17.5 Å². The van der Waals surface area contributed by atoms with Crippen LogP contribution in [-0.2, 0) is 0 Å². The van der Waals surface area contributed by atoms with Crippen molar-refractivity contribution in [2.75, 3.05) is 20.3 Å². The molecule has 0 bridgehead atoms. The number of hydrogen-bond acceptors (Lipinski definition) is 5. The van der Waals surface area contributed by atoms with Crippen LogP contribution in [0.3, 0.4) is 0 Å². The number of carbonyl (C=O) groups excluding carboxylic acids is 1. The first-order valence-corrected chi connectivity index (χ1v) is 8.18. The Labute approximate surface area is 152 Å². The molecule has 0 spiro atoms. The molecule has 0 aliphatic carbocycles. The van der Waals surface area contributed by atoms with E-state index in [0.29, 0.717) is 36.7 Å². The van der Waals surface area contributed by atoms with Gasteiger partial charge in [0.25, 0.3) is 0 Å². The van der Waals surface area contributed by atoms with E-state index in [1.165, 1.54) is 6.21 Å². The second-order valence-corrected chi connectivity index (χ2v) is 5.43. The number of urea groups is 1. The Morgan fingerprint density at radius 2 is 1.85 bits per heavy atom. The molecule has 0 fully saturated rings. The third kappa shape index (κ3) is 5.70. The number of hydrogen-bond donors (Lipinski definition) is 2. The zero-order chi connectivity index (χ0) is 18.8. The molecule has 0 unspecified atom stereocenters. The van der Waals surface area contributed by atoms with Crippen molar-refractivity contribution >= 4 is 12.2 Å². The maximum Gasteiger partial charge on any atom is 0.332 e. The van der Waals surface area contributed by atoms with E-state index < -0.39 is 6.03 Å². The van der Waals surface area contributed by atoms with E-state index in [1.54, 1.807) is 25.3 Å². The SMILES string of the molecule is COc1cccc(/C=N/NC(N)=O)c1OCCCOc1ccccc1C. The van der Waals surface area contributed by atoms with Crippen LogP contribution in [0.4, 0.5) is 4.79 Å². The molecule has 7 heteroatoms. The fraction of sp³-hybridized carbons (Fsp3) is 0.263. The van der Waals surface area contributed by atoms with E-state index in [-0.39, 0.29) is 0 Å². The van der Waals surface area contributed by atoms with E-state index in [2.05, 4.69) is 10.5 Å². The number of primary amides is 1. The molecule has 0 heterocycles. The van der Waals surface area contributed by atoms with Gasteiger partial charge < -0.3 is 19.9 Å². The molecule has 0 aliphatic heterocycles. The lowest BCUT2D eigenvalue weighted by molar-refractivity contribution is 0.239. The molecule has 0 atom stereocenters. The van der Waals surface area contributed by atoms with E-state index in [0.717, 1.165) is 11.3 Å². The highest BCUT2D eigenvalue weighted by molar-refractivity contribution is 5.86. The number of amides is 2. The summed E-state index contributed by atoms with van der Waals surface area (Å²) in [5, 5.41) is 3.76. The van der Waals surface area contributed by atoms with Crippen LogP contribution in [0.2, 0.25) is 0 Å². The average molecular weight is 357 g/mol. The number of methoxy groups -OCH3 is 1. The Kier molecular flexibility index (Phi) is 7.30. The molecular weight excluding hydrogens is 334 g/mol. The Bertz CT molecular complexity index is 762. The van der Waals surface area contributed by atoms with Crippen molar-refractivity contribution in [1.82, 2.24) is 5.43 Å². The number of nitrogens with zero attached hydrogens (tertiary/aromatic N) is 1. The number of hydrazone groups is 1. The highest BCUT2D eigenvalue weighted by Gasteiger charge is 2.09. The summed E-state index contributed by atoms with van der Waals surface area (Å²) in [7, 11) is 1.56. The fourth-order valence-corrected chi connectivity index (χ4v) is 2.25. The van der Waals surface area contributed by atoms with E-state index in [1.807, 2.05) is 31.2 Å². The van der Waals surface area contributed by atoms with Gasteiger partial charge in [-0.15, -0.1) is 0 Å². The van der Waals surface area contributed by atoms with Crippen LogP contribution in [0, 0.1) is 6.92 Å². The Balaban J connectivity index is 1.92. The molecule has 0 saturated heterocycles. The van der Waals surface area contributed by atoms with Gasteiger partial charge in [-0.1, -0.05) is 24.3 Å². The lowest BCUT2D eigenvalue weighted by Gasteiger charge is -2.13. The van der Waals surface area contributed by atoms with Crippen LogP contribution in [0.5, 0.6) is 17.2 Å². The van der Waals surface area contributed by atoms with Crippen molar-refractivity contribution in [3.63, 3.8) is 0 Å². The van der Waals surface area contributed by atoms with Crippen LogP contribution >= 0.6 is 0 Å². The molecule has 0 radical (unpaired) electrons. The molecular formula is C19H23N3O4.